The van der Waals surface area contributed by atoms with Crippen LogP contribution in [0, 0.1) is 0 Å². The number of esters is 1. The molecule has 0 bridgehead atoms. The molecule has 6 atom stereocenters. The van der Waals surface area contributed by atoms with Gasteiger partial charge in [0.25, 0.3) is 0 Å². The molecule has 0 aromatic carbocycles. The minimum atomic E-state index is -4.81. The maximum atomic E-state index is 13.2. The van der Waals surface area contributed by atoms with E-state index in [4.69, 9.17) is 32.3 Å². The molecule has 4 unspecified atom stereocenters. The second kappa shape index (κ2) is 66.7. The molecular formula is C73H138N4O19P2. The summed E-state index contributed by atoms with van der Waals surface area (Å²) < 4.78 is 64.1. The molecule has 0 heterocycles. The first-order chi connectivity index (χ1) is 47.3. The van der Waals surface area contributed by atoms with Crippen LogP contribution < -0.4 is 21.3 Å². The number of phosphoric acid groups is 2. The minimum absolute atomic E-state index is 0.135. The Morgan fingerprint density at radius 3 is 1.17 bits per heavy atom. The lowest BCUT2D eigenvalue weighted by Gasteiger charge is -2.22. The molecule has 0 aliphatic rings. The Morgan fingerprint density at radius 2 is 0.745 bits per heavy atom. The van der Waals surface area contributed by atoms with E-state index in [9.17, 15) is 57.6 Å². The van der Waals surface area contributed by atoms with Crippen LogP contribution in [0.2, 0.25) is 0 Å². The number of unbranched alkanes of at least 4 members (excludes halogenated alkanes) is 29. The molecule has 98 heavy (non-hydrogen) atoms. The van der Waals surface area contributed by atoms with Crippen LogP contribution in [0.3, 0.4) is 0 Å². The number of amides is 4. The van der Waals surface area contributed by atoms with E-state index >= 15 is 0 Å². The molecule has 4 amide bonds. The van der Waals surface area contributed by atoms with Gasteiger partial charge in [-0.3, -0.25) is 51.7 Å². The van der Waals surface area contributed by atoms with Gasteiger partial charge >= 0.3 is 21.6 Å². The summed E-state index contributed by atoms with van der Waals surface area (Å²) in [6, 6.07) is -1.95. The van der Waals surface area contributed by atoms with Crippen molar-refractivity contribution in [2.75, 3.05) is 65.9 Å². The van der Waals surface area contributed by atoms with Crippen molar-refractivity contribution in [3.05, 3.63) is 12.2 Å². The summed E-state index contributed by atoms with van der Waals surface area (Å²) >= 11 is 0. The molecule has 23 nitrogen and oxygen atoms in total. The van der Waals surface area contributed by atoms with Crippen LogP contribution in [0.15, 0.2) is 12.2 Å². The van der Waals surface area contributed by atoms with E-state index in [1.165, 1.54) is 77.0 Å². The summed E-state index contributed by atoms with van der Waals surface area (Å²) in [6.45, 7) is 8.05. The number of ether oxygens (including phenoxy) is 3. The summed E-state index contributed by atoms with van der Waals surface area (Å²) in [5, 5.41) is 20.6. The number of ketones is 2. The van der Waals surface area contributed by atoms with Crippen LogP contribution >= 0.6 is 15.6 Å². The number of hydrogen-bond acceptors (Lipinski definition) is 17. The molecule has 0 saturated heterocycles. The number of aliphatic hydroxyl groups excluding tert-OH is 1. The lowest BCUT2D eigenvalue weighted by Crippen LogP contribution is -2.42. The van der Waals surface area contributed by atoms with Gasteiger partial charge in [-0.1, -0.05) is 227 Å². The van der Waals surface area contributed by atoms with Crippen molar-refractivity contribution in [3.63, 3.8) is 0 Å². The third-order valence-corrected chi connectivity index (χ3v) is 18.6. The normalized spacial score (nSPS) is 14.1. The number of hydrogen-bond donors (Lipinski definition) is 7. The first-order valence-electron chi connectivity index (χ1n) is 38.3. The van der Waals surface area contributed by atoms with E-state index in [1.807, 2.05) is 0 Å². The van der Waals surface area contributed by atoms with Gasteiger partial charge < -0.3 is 50.4 Å². The predicted molar refractivity (Wildman–Crippen MR) is 386 cm³/mol. The van der Waals surface area contributed by atoms with Crippen LogP contribution in [0.5, 0.6) is 0 Å². The van der Waals surface area contributed by atoms with Crippen LogP contribution in [0.25, 0.3) is 0 Å². The molecule has 0 rings (SSSR count). The Kier molecular flexibility index (Phi) is 64.4. The fourth-order valence-corrected chi connectivity index (χ4v) is 12.4. The number of Topliss-reactive ketones (excluding diaryl/α,β-unsaturated/α-hetero) is 2. The average Bonchev–Trinajstić information content (AvgIpc) is 1.09. The van der Waals surface area contributed by atoms with Gasteiger partial charge in [0, 0.05) is 45.4 Å². The first-order valence-corrected chi connectivity index (χ1v) is 41.3. The molecule has 0 radical (unpaired) electrons. The second-order valence-electron chi connectivity index (χ2n) is 26.3. The highest BCUT2D eigenvalue weighted by atomic mass is 31.2. The lowest BCUT2D eigenvalue weighted by molar-refractivity contribution is -0.150. The summed E-state index contributed by atoms with van der Waals surface area (Å²) in [4.78, 5) is 111. The van der Waals surface area contributed by atoms with Crippen LogP contribution in [0.1, 0.15) is 324 Å². The molecule has 0 aromatic rings. The van der Waals surface area contributed by atoms with E-state index in [-0.39, 0.29) is 76.3 Å². The number of rotatable bonds is 74. The van der Waals surface area contributed by atoms with Gasteiger partial charge in [0.05, 0.1) is 77.3 Å². The van der Waals surface area contributed by atoms with Gasteiger partial charge in [-0.2, -0.15) is 0 Å². The molecule has 574 valence electrons. The summed E-state index contributed by atoms with van der Waals surface area (Å²) in [6.07, 6.45) is 41.9. The van der Waals surface area contributed by atoms with Crippen molar-refractivity contribution in [1.29, 1.82) is 0 Å². The number of allylic oxidation sites excluding steroid dienone is 2. The van der Waals surface area contributed by atoms with Crippen molar-refractivity contribution in [3.8, 4) is 0 Å². The smallest absolute Gasteiger partial charge is 0.462 e. The third kappa shape index (κ3) is 64.6. The highest BCUT2D eigenvalue weighted by Gasteiger charge is 2.28. The van der Waals surface area contributed by atoms with E-state index < -0.39 is 103 Å². The monoisotopic (exact) mass is 1440 g/mol. The van der Waals surface area contributed by atoms with E-state index in [2.05, 4.69) is 68.0 Å². The summed E-state index contributed by atoms with van der Waals surface area (Å²) in [5.41, 5.74) is 0. The van der Waals surface area contributed by atoms with E-state index in [0.29, 0.717) is 51.4 Å². The van der Waals surface area contributed by atoms with Crippen LogP contribution in [-0.4, -0.2) is 146 Å². The van der Waals surface area contributed by atoms with Crippen molar-refractivity contribution < 1.29 is 89.9 Å². The van der Waals surface area contributed by atoms with E-state index in [1.54, 1.807) is 0 Å². The Labute approximate surface area is 591 Å². The molecule has 25 heteroatoms. The van der Waals surface area contributed by atoms with Crippen molar-refractivity contribution in [2.24, 2.45) is 0 Å². The second-order valence-corrected chi connectivity index (χ2v) is 29.2. The molecule has 0 aliphatic carbocycles. The Morgan fingerprint density at radius 1 is 0.378 bits per heavy atom. The maximum absolute atomic E-state index is 13.2. The van der Waals surface area contributed by atoms with Crippen molar-refractivity contribution in [1.82, 2.24) is 21.3 Å². The first kappa shape index (κ1) is 94.5. The number of carbonyl (C=O) groups excluding carboxylic acids is 7. The zero-order valence-corrected chi connectivity index (χ0v) is 63.4. The number of phosphoric ester groups is 2. The standard InChI is InChI=1S/C73H138N4O19P2/c1-6-11-16-21-24-27-30-35-39-44-66(79)56-71(83)76-63(59-90-52-48-65(78)43-38-33-19-14-9-4)61-94-97(86,87)92-54-50-74-69(81)58-70(82)75-51-55-93-98(88,89)95-62-64(77-72(84)57-67(80)45-40-36-31-28-25-22-17-12-7-2)60-91-53-49-68(46-41-34-20-15-10-5)96-73(85)47-42-37-32-29-26-23-18-13-8-3/h29,32,63-65,68,78H,6-28,30-31,33-62H2,1-5H3,(H,74,81)(H,75,82)(H,76,83)(H,77,84)(H,86,87)(H,88,89)/b32-29-/t63?,64?,65-,68-/m1/s1. The molecule has 0 aromatic heterocycles. The van der Waals surface area contributed by atoms with E-state index in [0.717, 1.165) is 128 Å². The van der Waals surface area contributed by atoms with Crippen LogP contribution in [-0.2, 0) is 75.0 Å². The molecular weight excluding hydrogens is 1300 g/mol. The Hall–Kier alpha value is -3.47. The Bertz CT molecular complexity index is 2140. The van der Waals surface area contributed by atoms with Gasteiger partial charge in [0.15, 0.2) is 0 Å². The van der Waals surface area contributed by atoms with Gasteiger partial charge in [0.2, 0.25) is 23.6 Å². The number of carbonyl (C=O) groups is 7. The molecule has 0 spiro atoms. The Balaban J connectivity index is 5.38. The molecule has 0 fully saturated rings. The number of aliphatic hydroxyl groups is 1. The maximum Gasteiger partial charge on any atom is 0.472 e. The zero-order chi connectivity index (χ0) is 72.4. The average molecular weight is 1440 g/mol. The van der Waals surface area contributed by atoms with Gasteiger partial charge in [-0.25, -0.2) is 9.13 Å². The highest BCUT2D eigenvalue weighted by molar-refractivity contribution is 7.47. The van der Waals surface area contributed by atoms with Crippen molar-refractivity contribution >= 4 is 56.8 Å². The van der Waals surface area contributed by atoms with Gasteiger partial charge in [0.1, 0.15) is 24.1 Å². The largest absolute Gasteiger partial charge is 0.472 e. The fourth-order valence-electron chi connectivity index (χ4n) is 10.8. The fraction of sp³-hybridized carbons (Fsp3) is 0.877. The quantitative estimate of drug-likeness (QED) is 0.00978. The third-order valence-electron chi connectivity index (χ3n) is 16.6. The van der Waals surface area contributed by atoms with Crippen LogP contribution in [0.4, 0.5) is 0 Å². The molecule has 7 N–H and O–H groups in total. The summed E-state index contributed by atoms with van der Waals surface area (Å²) in [7, 11) is -9.58. The topological polar surface area (TPSA) is 327 Å². The van der Waals surface area contributed by atoms with Gasteiger partial charge in [-0.05, 0) is 64.2 Å². The zero-order valence-electron chi connectivity index (χ0n) is 61.6. The minimum Gasteiger partial charge on any atom is -0.462 e. The SMILES string of the molecule is CCCCCC/C=C\CCCC(=O)O[C@H](CCCCCCC)CCOCC(COP(=O)(O)OCCNC(=O)CC(=O)NCCOP(=O)(O)OCC(COCC[C@H](O)CCCCCCC)NC(=O)CC(=O)CCCCCCCCCCC)NC(=O)CC(=O)CCCCCCCCCCC. The highest BCUT2D eigenvalue weighted by Crippen LogP contribution is 2.44. The molecule has 0 aliphatic heterocycles. The summed E-state index contributed by atoms with van der Waals surface area (Å²) in [5.74, 6) is -3.51. The molecule has 0 saturated carbocycles. The van der Waals surface area contributed by atoms with Gasteiger partial charge in [-0.15, -0.1) is 0 Å². The lowest BCUT2D eigenvalue weighted by atomic mass is 10.0. The number of nitrogens with one attached hydrogen (secondary N) is 4. The predicted octanol–water partition coefficient (Wildman–Crippen LogP) is 15.1. The van der Waals surface area contributed by atoms with Crippen molar-refractivity contribution in [2.45, 2.75) is 348 Å².